The van der Waals surface area contributed by atoms with Gasteiger partial charge in [-0.05, 0) is 23.8 Å². The maximum atomic E-state index is 14.1. The molecule has 0 fully saturated rings. The number of halogens is 1. The van der Waals surface area contributed by atoms with E-state index < -0.39 is 5.82 Å². The Balaban J connectivity index is 2.21. The van der Waals surface area contributed by atoms with E-state index in [4.69, 9.17) is 9.84 Å². The highest BCUT2D eigenvalue weighted by atomic mass is 19.1. The van der Waals surface area contributed by atoms with E-state index in [2.05, 4.69) is 4.98 Å². The Bertz CT molecular complexity index is 590. The van der Waals surface area contributed by atoms with Gasteiger partial charge >= 0.3 is 0 Å². The minimum atomic E-state index is -0.486. The van der Waals surface area contributed by atoms with Crippen molar-refractivity contribution in [2.45, 2.75) is 13.2 Å². The lowest BCUT2D eigenvalue weighted by molar-refractivity contribution is 0.275. The zero-order valence-electron chi connectivity index (χ0n) is 11.5. The Morgan fingerprint density at radius 2 is 2.15 bits per heavy atom. The van der Waals surface area contributed by atoms with Gasteiger partial charge in [0.25, 0.3) is 0 Å². The van der Waals surface area contributed by atoms with Gasteiger partial charge in [0.05, 0.1) is 13.7 Å². The Morgan fingerprint density at radius 3 is 2.85 bits per heavy atom. The number of methoxy groups -OCH3 is 1. The maximum absolute atomic E-state index is 14.1. The van der Waals surface area contributed by atoms with Crippen molar-refractivity contribution in [3.63, 3.8) is 0 Å². The third-order valence-electron chi connectivity index (χ3n) is 3.04. The van der Waals surface area contributed by atoms with Gasteiger partial charge in [0.15, 0.2) is 11.6 Å². The van der Waals surface area contributed by atoms with Crippen molar-refractivity contribution >= 4 is 5.82 Å². The van der Waals surface area contributed by atoms with E-state index >= 15 is 0 Å². The number of anilines is 1. The zero-order chi connectivity index (χ0) is 14.5. The zero-order valence-corrected chi connectivity index (χ0v) is 11.5. The molecule has 4 nitrogen and oxygen atoms in total. The van der Waals surface area contributed by atoms with Crippen LogP contribution >= 0.6 is 0 Å². The molecule has 0 aliphatic carbocycles. The second-order valence-corrected chi connectivity index (χ2v) is 4.47. The van der Waals surface area contributed by atoms with Crippen LogP contribution in [0.5, 0.6) is 5.75 Å². The molecule has 0 amide bonds. The lowest BCUT2D eigenvalue weighted by atomic mass is 10.2. The second-order valence-electron chi connectivity index (χ2n) is 4.47. The first kappa shape index (κ1) is 14.3. The lowest BCUT2D eigenvalue weighted by Crippen LogP contribution is -2.19. The molecule has 0 aliphatic heterocycles. The predicted octanol–water partition coefficient (Wildman–Crippen LogP) is 2.36. The van der Waals surface area contributed by atoms with Crippen LogP contribution in [0.25, 0.3) is 0 Å². The topological polar surface area (TPSA) is 45.6 Å². The molecule has 0 unspecified atom stereocenters. The molecular formula is C15H17FN2O2. The van der Waals surface area contributed by atoms with E-state index in [0.717, 1.165) is 11.3 Å². The first-order valence-electron chi connectivity index (χ1n) is 6.24. The summed E-state index contributed by atoms with van der Waals surface area (Å²) in [4.78, 5) is 5.73. The molecular weight excluding hydrogens is 259 g/mol. The average molecular weight is 276 g/mol. The molecule has 1 N–H and O–H groups in total. The molecule has 0 atom stereocenters. The van der Waals surface area contributed by atoms with Crippen molar-refractivity contribution in [3.8, 4) is 5.75 Å². The van der Waals surface area contributed by atoms with Gasteiger partial charge < -0.3 is 14.7 Å². The van der Waals surface area contributed by atoms with Crippen molar-refractivity contribution in [2.24, 2.45) is 0 Å². The summed E-state index contributed by atoms with van der Waals surface area (Å²) >= 11 is 0. The number of aliphatic hydroxyl groups is 1. The molecule has 0 aliphatic rings. The van der Waals surface area contributed by atoms with Crippen LogP contribution in [-0.2, 0) is 13.2 Å². The molecule has 0 saturated heterocycles. The third kappa shape index (κ3) is 3.05. The van der Waals surface area contributed by atoms with Crippen molar-refractivity contribution in [1.29, 1.82) is 0 Å². The highest BCUT2D eigenvalue weighted by Gasteiger charge is 2.13. The Hall–Kier alpha value is -2.14. The van der Waals surface area contributed by atoms with E-state index in [0.29, 0.717) is 6.54 Å². The van der Waals surface area contributed by atoms with E-state index in [-0.39, 0.29) is 18.0 Å². The smallest absolute Gasteiger partial charge is 0.171 e. The molecule has 5 heteroatoms. The minimum absolute atomic E-state index is 0.222. The van der Waals surface area contributed by atoms with Gasteiger partial charge in [-0.1, -0.05) is 12.1 Å². The fourth-order valence-corrected chi connectivity index (χ4v) is 1.98. The molecule has 1 aromatic carbocycles. The molecule has 1 heterocycles. The van der Waals surface area contributed by atoms with Gasteiger partial charge in [0.1, 0.15) is 5.75 Å². The van der Waals surface area contributed by atoms with Crippen LogP contribution in [0.4, 0.5) is 10.2 Å². The van der Waals surface area contributed by atoms with Crippen LogP contribution < -0.4 is 9.64 Å². The van der Waals surface area contributed by atoms with Gasteiger partial charge in [0, 0.05) is 25.4 Å². The molecule has 20 heavy (non-hydrogen) atoms. The molecule has 2 rings (SSSR count). The van der Waals surface area contributed by atoms with Gasteiger partial charge in [-0.25, -0.2) is 9.37 Å². The number of aliphatic hydroxyl groups excluding tert-OH is 1. The van der Waals surface area contributed by atoms with E-state index in [9.17, 15) is 4.39 Å². The van der Waals surface area contributed by atoms with Crippen LogP contribution in [0.2, 0.25) is 0 Å². The molecule has 106 valence electrons. The Kier molecular flexibility index (Phi) is 4.53. The van der Waals surface area contributed by atoms with Crippen molar-refractivity contribution in [2.75, 3.05) is 19.1 Å². The predicted molar refractivity (Wildman–Crippen MR) is 75.2 cm³/mol. The van der Waals surface area contributed by atoms with Gasteiger partial charge in [-0.3, -0.25) is 0 Å². The van der Waals surface area contributed by atoms with Crippen molar-refractivity contribution < 1.29 is 14.2 Å². The second kappa shape index (κ2) is 6.34. The summed E-state index contributed by atoms with van der Waals surface area (Å²) in [7, 11) is 3.36. The van der Waals surface area contributed by atoms with Crippen LogP contribution in [0.1, 0.15) is 11.1 Å². The van der Waals surface area contributed by atoms with Crippen molar-refractivity contribution in [3.05, 3.63) is 53.5 Å². The first-order chi connectivity index (χ1) is 9.65. The number of rotatable bonds is 5. The van der Waals surface area contributed by atoms with E-state index in [1.807, 2.05) is 24.3 Å². The molecule has 0 bridgehead atoms. The summed E-state index contributed by atoms with van der Waals surface area (Å²) in [5.74, 6) is 0.494. The lowest BCUT2D eigenvalue weighted by Gasteiger charge is -2.20. The maximum Gasteiger partial charge on any atom is 0.171 e. The Labute approximate surface area is 117 Å². The van der Waals surface area contributed by atoms with Crippen LogP contribution in [0.3, 0.4) is 0 Å². The number of ether oxygens (including phenoxy) is 1. The van der Waals surface area contributed by atoms with E-state index in [1.165, 1.54) is 12.3 Å². The van der Waals surface area contributed by atoms with E-state index in [1.54, 1.807) is 19.1 Å². The summed E-state index contributed by atoms with van der Waals surface area (Å²) in [5.41, 5.74) is 1.23. The van der Waals surface area contributed by atoms with Crippen LogP contribution in [0.15, 0.2) is 36.5 Å². The Morgan fingerprint density at radius 1 is 1.35 bits per heavy atom. The normalized spacial score (nSPS) is 10.4. The molecule has 0 spiro atoms. The van der Waals surface area contributed by atoms with Gasteiger partial charge in [-0.2, -0.15) is 0 Å². The quantitative estimate of drug-likeness (QED) is 0.910. The molecule has 0 radical (unpaired) electrons. The van der Waals surface area contributed by atoms with Gasteiger partial charge in [-0.15, -0.1) is 0 Å². The number of aromatic nitrogens is 1. The SMILES string of the molecule is COc1cccc(CN(C)c2nccc(CO)c2F)c1. The monoisotopic (exact) mass is 276 g/mol. The largest absolute Gasteiger partial charge is 0.497 e. The third-order valence-corrected chi connectivity index (χ3v) is 3.04. The fourth-order valence-electron chi connectivity index (χ4n) is 1.98. The number of benzene rings is 1. The summed E-state index contributed by atoms with van der Waals surface area (Å²) in [6.45, 7) is 0.157. The first-order valence-corrected chi connectivity index (χ1v) is 6.24. The number of nitrogens with zero attached hydrogens (tertiary/aromatic N) is 2. The van der Waals surface area contributed by atoms with Crippen LogP contribution in [-0.4, -0.2) is 24.2 Å². The highest BCUT2D eigenvalue weighted by molar-refractivity contribution is 5.43. The number of pyridine rings is 1. The van der Waals surface area contributed by atoms with Crippen molar-refractivity contribution in [1.82, 2.24) is 4.98 Å². The standard InChI is InChI=1S/C15H17FN2O2/c1-18(9-11-4-3-5-13(8-11)20-2)15-14(16)12(10-19)6-7-17-15/h3-8,19H,9-10H2,1-2H3. The average Bonchev–Trinajstić information content (AvgIpc) is 2.47. The minimum Gasteiger partial charge on any atom is -0.497 e. The van der Waals surface area contributed by atoms with Gasteiger partial charge in [0.2, 0.25) is 0 Å². The fraction of sp³-hybridized carbons (Fsp3) is 0.267. The van der Waals surface area contributed by atoms with Crippen LogP contribution in [0, 0.1) is 5.82 Å². The summed E-state index contributed by atoms with van der Waals surface area (Å²) in [6, 6.07) is 9.04. The number of hydrogen-bond donors (Lipinski definition) is 1. The summed E-state index contributed by atoms with van der Waals surface area (Å²) < 4.78 is 19.2. The molecule has 1 aromatic heterocycles. The highest BCUT2D eigenvalue weighted by Crippen LogP contribution is 2.21. The summed E-state index contributed by atoms with van der Waals surface area (Å²) in [6.07, 6.45) is 1.49. The molecule has 2 aromatic rings. The summed E-state index contributed by atoms with van der Waals surface area (Å²) in [5, 5.41) is 9.08. The molecule has 0 saturated carbocycles. The number of hydrogen-bond acceptors (Lipinski definition) is 4.